The fourth-order valence-corrected chi connectivity index (χ4v) is 2.75. The normalized spacial score (nSPS) is 22.6. The van der Waals surface area contributed by atoms with Crippen LogP contribution < -0.4 is 15.4 Å². The zero-order valence-corrected chi connectivity index (χ0v) is 13.4. The molecule has 0 bridgehead atoms. The van der Waals surface area contributed by atoms with Gasteiger partial charge in [0, 0.05) is 18.7 Å². The van der Waals surface area contributed by atoms with Gasteiger partial charge in [0.2, 0.25) is 5.91 Å². The molecule has 1 fully saturated rings. The molecule has 0 aromatic heterocycles. The Kier molecular flexibility index (Phi) is 5.76. The van der Waals surface area contributed by atoms with Gasteiger partial charge in [0.25, 0.3) is 0 Å². The van der Waals surface area contributed by atoms with E-state index in [2.05, 4.69) is 15.5 Å². The molecule has 0 unspecified atom stereocenters. The van der Waals surface area contributed by atoms with Crippen LogP contribution in [0.5, 0.6) is 5.75 Å². The average Bonchev–Trinajstić information content (AvgIpc) is 2.94. The Morgan fingerprint density at radius 1 is 1.50 bits per heavy atom. The first kappa shape index (κ1) is 16.7. The van der Waals surface area contributed by atoms with Crippen LogP contribution in [0, 0.1) is 0 Å². The fraction of sp³-hybridized carbons (Fsp3) is 0.562. The molecule has 122 valence electrons. The third-order valence-corrected chi connectivity index (χ3v) is 4.02. The van der Waals surface area contributed by atoms with Crippen molar-refractivity contribution < 1.29 is 14.6 Å². The zero-order valence-electron chi connectivity index (χ0n) is 13.4. The second-order valence-corrected chi connectivity index (χ2v) is 5.82. The second-order valence-electron chi connectivity index (χ2n) is 5.82. The standard InChI is InChI=1S/C16H25N3O3/c1-19(2)14(12-6-4-5-7-15(12)22-3)10-18-16(21)13-8-11(20)9-17-13/h4-7,11,13-14,17,20H,8-10H2,1-3H3,(H,18,21)/t11-,13+,14+/m1/s1. The van der Waals surface area contributed by atoms with Gasteiger partial charge in [-0.05, 0) is 26.6 Å². The maximum Gasteiger partial charge on any atom is 0.237 e. The van der Waals surface area contributed by atoms with Gasteiger partial charge in [-0.15, -0.1) is 0 Å². The summed E-state index contributed by atoms with van der Waals surface area (Å²) in [6.07, 6.45) is 0.0299. The number of carbonyl (C=O) groups excluding carboxylic acids is 1. The van der Waals surface area contributed by atoms with Gasteiger partial charge in [-0.3, -0.25) is 4.79 Å². The lowest BCUT2D eigenvalue weighted by atomic mass is 10.0. The number of amides is 1. The largest absolute Gasteiger partial charge is 0.496 e. The molecule has 1 aromatic carbocycles. The Morgan fingerprint density at radius 2 is 2.23 bits per heavy atom. The van der Waals surface area contributed by atoms with Gasteiger partial charge in [0.1, 0.15) is 5.75 Å². The van der Waals surface area contributed by atoms with Crippen molar-refractivity contribution in [2.75, 3.05) is 34.3 Å². The highest BCUT2D eigenvalue weighted by Gasteiger charge is 2.28. The minimum absolute atomic E-state index is 0.0198. The lowest BCUT2D eigenvalue weighted by molar-refractivity contribution is -0.123. The first-order valence-corrected chi connectivity index (χ1v) is 7.51. The van der Waals surface area contributed by atoms with E-state index in [0.29, 0.717) is 19.5 Å². The van der Waals surface area contributed by atoms with Crippen LogP contribution in [0.1, 0.15) is 18.0 Å². The molecule has 1 aromatic rings. The number of aliphatic hydroxyl groups is 1. The van der Waals surface area contributed by atoms with Gasteiger partial charge in [0.15, 0.2) is 0 Å². The third-order valence-electron chi connectivity index (χ3n) is 4.02. The van der Waals surface area contributed by atoms with Crippen LogP contribution in [0.15, 0.2) is 24.3 Å². The summed E-state index contributed by atoms with van der Waals surface area (Å²) in [5.41, 5.74) is 1.04. The molecule has 3 N–H and O–H groups in total. The lowest BCUT2D eigenvalue weighted by Crippen LogP contribution is -2.43. The van der Waals surface area contributed by atoms with E-state index in [4.69, 9.17) is 4.74 Å². The van der Waals surface area contributed by atoms with Gasteiger partial charge in [-0.1, -0.05) is 18.2 Å². The summed E-state index contributed by atoms with van der Waals surface area (Å²) in [5.74, 6) is 0.739. The van der Waals surface area contributed by atoms with Gasteiger partial charge in [0.05, 0.1) is 25.3 Å². The number of benzene rings is 1. The monoisotopic (exact) mass is 307 g/mol. The second kappa shape index (κ2) is 7.58. The molecule has 1 amide bonds. The number of ether oxygens (including phenoxy) is 1. The quantitative estimate of drug-likeness (QED) is 0.697. The zero-order chi connectivity index (χ0) is 16.1. The number of methoxy groups -OCH3 is 1. The molecular weight excluding hydrogens is 282 g/mol. The Bertz CT molecular complexity index is 507. The lowest BCUT2D eigenvalue weighted by Gasteiger charge is -2.27. The molecular formula is C16H25N3O3. The van der Waals surface area contributed by atoms with E-state index in [9.17, 15) is 9.90 Å². The molecule has 1 saturated heterocycles. The predicted molar refractivity (Wildman–Crippen MR) is 84.8 cm³/mol. The van der Waals surface area contributed by atoms with Crippen molar-refractivity contribution in [1.82, 2.24) is 15.5 Å². The van der Waals surface area contributed by atoms with Gasteiger partial charge < -0.3 is 25.4 Å². The third kappa shape index (κ3) is 3.97. The number of aliphatic hydroxyl groups excluding tert-OH is 1. The molecule has 0 radical (unpaired) electrons. The van der Waals surface area contributed by atoms with E-state index in [1.165, 1.54) is 0 Å². The number of β-amino-alcohol motifs (C(OH)–C–C–N with tert-alkyl or cyclic N) is 1. The first-order chi connectivity index (χ1) is 10.5. The topological polar surface area (TPSA) is 73.8 Å². The highest BCUT2D eigenvalue weighted by atomic mass is 16.5. The van der Waals surface area contributed by atoms with Crippen molar-refractivity contribution in [3.8, 4) is 5.75 Å². The van der Waals surface area contributed by atoms with E-state index in [-0.39, 0.29) is 18.0 Å². The minimum atomic E-state index is -0.436. The van der Waals surface area contributed by atoms with Crippen molar-refractivity contribution >= 4 is 5.91 Å². The number of carbonyl (C=O) groups is 1. The molecule has 2 rings (SSSR count). The van der Waals surface area contributed by atoms with Crippen LogP contribution in [0.25, 0.3) is 0 Å². The van der Waals surface area contributed by atoms with Crippen molar-refractivity contribution in [3.05, 3.63) is 29.8 Å². The van der Waals surface area contributed by atoms with Crippen LogP contribution in [-0.2, 0) is 4.79 Å². The number of hydrogen-bond acceptors (Lipinski definition) is 5. The Hall–Kier alpha value is -1.63. The van der Waals surface area contributed by atoms with E-state index in [0.717, 1.165) is 11.3 Å². The summed E-state index contributed by atoms with van der Waals surface area (Å²) >= 11 is 0. The molecule has 0 spiro atoms. The smallest absolute Gasteiger partial charge is 0.237 e. The van der Waals surface area contributed by atoms with E-state index < -0.39 is 6.10 Å². The van der Waals surface area contributed by atoms with Gasteiger partial charge in [-0.2, -0.15) is 0 Å². The summed E-state index contributed by atoms with van der Waals surface area (Å²) in [4.78, 5) is 14.2. The number of para-hydroxylation sites is 1. The Balaban J connectivity index is 2.02. The highest BCUT2D eigenvalue weighted by molar-refractivity contribution is 5.82. The average molecular weight is 307 g/mol. The SMILES string of the molecule is COc1ccccc1[C@H](CNC(=O)[C@@H]1C[C@@H](O)CN1)N(C)C. The van der Waals surface area contributed by atoms with Crippen LogP contribution >= 0.6 is 0 Å². The Labute approximate surface area is 131 Å². The molecule has 1 aliphatic heterocycles. The molecule has 0 saturated carbocycles. The predicted octanol–water partition coefficient (Wildman–Crippen LogP) is 0.137. The maximum atomic E-state index is 12.2. The minimum Gasteiger partial charge on any atom is -0.496 e. The maximum absolute atomic E-state index is 12.2. The molecule has 22 heavy (non-hydrogen) atoms. The van der Waals surface area contributed by atoms with Crippen LogP contribution in [0.4, 0.5) is 0 Å². The van der Waals surface area contributed by atoms with Crippen molar-refractivity contribution in [3.63, 3.8) is 0 Å². The van der Waals surface area contributed by atoms with Crippen molar-refractivity contribution in [2.24, 2.45) is 0 Å². The van der Waals surface area contributed by atoms with E-state index >= 15 is 0 Å². The number of hydrogen-bond donors (Lipinski definition) is 3. The summed E-state index contributed by atoms with van der Waals surface area (Å²) in [6.45, 7) is 0.961. The fourth-order valence-electron chi connectivity index (χ4n) is 2.75. The van der Waals surface area contributed by atoms with Crippen LogP contribution in [0.3, 0.4) is 0 Å². The number of nitrogens with one attached hydrogen (secondary N) is 2. The van der Waals surface area contributed by atoms with Crippen LogP contribution in [-0.4, -0.2) is 62.4 Å². The molecule has 0 aliphatic carbocycles. The van der Waals surface area contributed by atoms with Crippen LogP contribution in [0.2, 0.25) is 0 Å². The number of nitrogens with zero attached hydrogens (tertiary/aromatic N) is 1. The van der Waals surface area contributed by atoms with Crippen molar-refractivity contribution in [1.29, 1.82) is 0 Å². The molecule has 3 atom stereocenters. The first-order valence-electron chi connectivity index (χ1n) is 7.51. The summed E-state index contributed by atoms with van der Waals surface area (Å²) in [5, 5.41) is 15.5. The number of likely N-dealkylation sites (N-methyl/N-ethyl adjacent to an activating group) is 1. The number of rotatable bonds is 6. The summed E-state index contributed by atoms with van der Waals surface area (Å²) in [7, 11) is 5.59. The summed E-state index contributed by atoms with van der Waals surface area (Å²) in [6, 6.07) is 7.53. The molecule has 1 heterocycles. The molecule has 1 aliphatic rings. The highest BCUT2D eigenvalue weighted by Crippen LogP contribution is 2.27. The van der Waals surface area contributed by atoms with E-state index in [1.54, 1.807) is 7.11 Å². The van der Waals surface area contributed by atoms with Gasteiger partial charge in [-0.25, -0.2) is 0 Å². The van der Waals surface area contributed by atoms with Crippen molar-refractivity contribution in [2.45, 2.75) is 24.6 Å². The molecule has 6 heteroatoms. The summed E-state index contributed by atoms with van der Waals surface area (Å²) < 4.78 is 5.41. The van der Waals surface area contributed by atoms with E-state index in [1.807, 2.05) is 38.4 Å². The van der Waals surface area contributed by atoms with Gasteiger partial charge >= 0.3 is 0 Å². The Morgan fingerprint density at radius 3 is 2.82 bits per heavy atom. The molecule has 6 nitrogen and oxygen atoms in total.